The lowest BCUT2D eigenvalue weighted by molar-refractivity contribution is -0.126. The van der Waals surface area contributed by atoms with E-state index in [1.807, 2.05) is 55.2 Å². The normalized spacial score (nSPS) is 17.4. The van der Waals surface area contributed by atoms with Gasteiger partial charge in [-0.05, 0) is 68.8 Å². The number of likely N-dealkylation sites (N-methyl/N-ethyl adjacent to an activating group) is 1. The molecule has 0 saturated carbocycles. The van der Waals surface area contributed by atoms with E-state index in [0.29, 0.717) is 25.4 Å². The number of morpholine rings is 1. The van der Waals surface area contributed by atoms with Gasteiger partial charge in [-0.3, -0.25) is 9.78 Å². The minimum Gasteiger partial charge on any atom is -0.455 e. The van der Waals surface area contributed by atoms with Crippen molar-refractivity contribution in [1.82, 2.24) is 30.1 Å². The summed E-state index contributed by atoms with van der Waals surface area (Å²) in [6, 6.07) is 9.83. The zero-order valence-corrected chi connectivity index (χ0v) is 25.6. The Morgan fingerprint density at radius 3 is 2.91 bits per heavy atom. The number of fused-ring (bicyclic) bond motifs is 3. The van der Waals surface area contributed by atoms with Gasteiger partial charge in [-0.1, -0.05) is 6.08 Å². The van der Waals surface area contributed by atoms with Crippen molar-refractivity contribution in [3.63, 3.8) is 0 Å². The molecule has 1 fully saturated rings. The lowest BCUT2D eigenvalue weighted by Crippen LogP contribution is -2.44. The topological polar surface area (TPSA) is 105 Å². The molecule has 11 heteroatoms. The number of carbonyl (C=O) groups is 1. The largest absolute Gasteiger partial charge is 0.455 e. The second-order valence-corrected chi connectivity index (χ2v) is 12.2. The van der Waals surface area contributed by atoms with Crippen molar-refractivity contribution in [1.29, 1.82) is 0 Å². The van der Waals surface area contributed by atoms with Crippen LogP contribution in [0.3, 0.4) is 0 Å². The Hall–Kier alpha value is -3.90. The molecule has 2 aliphatic heterocycles. The van der Waals surface area contributed by atoms with Gasteiger partial charge >= 0.3 is 0 Å². The summed E-state index contributed by atoms with van der Waals surface area (Å²) >= 11 is 1.64. The van der Waals surface area contributed by atoms with Crippen molar-refractivity contribution in [2.45, 2.75) is 32.9 Å². The summed E-state index contributed by atoms with van der Waals surface area (Å²) in [6.07, 6.45) is 7.86. The van der Waals surface area contributed by atoms with Gasteiger partial charge in [0.15, 0.2) is 0 Å². The summed E-state index contributed by atoms with van der Waals surface area (Å²) in [7, 11) is 2.11. The fourth-order valence-electron chi connectivity index (χ4n) is 5.41. The number of hydrogen-bond acceptors (Lipinski definition) is 10. The SMILES string of the molecule is Cc1ccc(Oc2ccc(Nc3ncnc4sc5c(c34)CCN(C(=O)/C=C/CNCC3CN(C)CCO3)C5)cc2C)cn1. The lowest BCUT2D eigenvalue weighted by atomic mass is 10.0. The van der Waals surface area contributed by atoms with E-state index in [9.17, 15) is 4.79 Å². The first kappa shape index (κ1) is 29.2. The Labute approximate surface area is 255 Å². The maximum absolute atomic E-state index is 13.0. The van der Waals surface area contributed by atoms with E-state index < -0.39 is 0 Å². The van der Waals surface area contributed by atoms with Crippen LogP contribution in [0.15, 0.2) is 55.0 Å². The molecule has 1 saturated heterocycles. The van der Waals surface area contributed by atoms with E-state index in [2.05, 4.69) is 37.5 Å². The summed E-state index contributed by atoms with van der Waals surface area (Å²) in [6.45, 7) is 9.29. The van der Waals surface area contributed by atoms with Crippen molar-refractivity contribution in [2.75, 3.05) is 51.7 Å². The standard InChI is InChI=1S/C32H37N7O3S/c1-21-15-23(7-9-27(21)42-24-8-6-22(2)34-17-24)37-31-30-26-10-12-39(19-28(26)43-32(30)36-20-35-31)29(40)5-4-11-33-16-25-18-38(3)13-14-41-25/h4-9,15,17,20,25,33H,10-14,16,18-19H2,1-3H3,(H,35,36,37)/b5-4+. The number of nitrogens with one attached hydrogen (secondary N) is 2. The fraction of sp³-hybridized carbons (Fsp3) is 0.375. The highest BCUT2D eigenvalue weighted by Gasteiger charge is 2.25. The number of anilines is 2. The van der Waals surface area contributed by atoms with Gasteiger partial charge in [-0.2, -0.15) is 0 Å². The number of amides is 1. The number of aromatic nitrogens is 3. The molecule has 43 heavy (non-hydrogen) atoms. The van der Waals surface area contributed by atoms with Crippen molar-refractivity contribution in [2.24, 2.45) is 0 Å². The molecule has 2 aliphatic rings. The van der Waals surface area contributed by atoms with Gasteiger partial charge in [0.05, 0.1) is 30.8 Å². The molecule has 6 rings (SSSR count). The average molecular weight is 600 g/mol. The highest BCUT2D eigenvalue weighted by Crippen LogP contribution is 2.38. The molecular formula is C32H37N7O3S. The first-order chi connectivity index (χ1) is 20.9. The van der Waals surface area contributed by atoms with Crippen molar-refractivity contribution >= 4 is 39.0 Å². The third-order valence-electron chi connectivity index (χ3n) is 7.73. The Kier molecular flexibility index (Phi) is 8.94. The van der Waals surface area contributed by atoms with Gasteiger partial charge < -0.3 is 29.9 Å². The monoisotopic (exact) mass is 599 g/mol. The van der Waals surface area contributed by atoms with Gasteiger partial charge in [0.1, 0.15) is 28.5 Å². The number of carbonyl (C=O) groups excluding carboxylic acids is 1. The Morgan fingerprint density at radius 2 is 2.09 bits per heavy atom. The maximum atomic E-state index is 13.0. The molecular weight excluding hydrogens is 562 g/mol. The molecule has 0 bridgehead atoms. The molecule has 1 atom stereocenters. The second kappa shape index (κ2) is 13.2. The molecule has 10 nitrogen and oxygen atoms in total. The van der Waals surface area contributed by atoms with E-state index in [1.54, 1.807) is 29.9 Å². The van der Waals surface area contributed by atoms with Gasteiger partial charge in [0, 0.05) is 55.1 Å². The Bertz CT molecular complexity index is 1620. The highest BCUT2D eigenvalue weighted by atomic mass is 32.1. The van der Waals surface area contributed by atoms with E-state index in [4.69, 9.17) is 9.47 Å². The van der Waals surface area contributed by atoms with Crippen LogP contribution in [-0.4, -0.2) is 83.1 Å². The van der Waals surface area contributed by atoms with E-state index in [-0.39, 0.29) is 12.0 Å². The molecule has 224 valence electrons. The molecule has 1 aromatic carbocycles. The smallest absolute Gasteiger partial charge is 0.246 e. The molecule has 1 unspecified atom stereocenters. The van der Waals surface area contributed by atoms with Gasteiger partial charge in [-0.15, -0.1) is 11.3 Å². The van der Waals surface area contributed by atoms with Crippen LogP contribution in [-0.2, 0) is 22.5 Å². The first-order valence-corrected chi connectivity index (χ1v) is 15.4. The number of pyridine rings is 1. The molecule has 0 aliphatic carbocycles. The summed E-state index contributed by atoms with van der Waals surface area (Å²) in [5.74, 6) is 2.28. The van der Waals surface area contributed by atoms with Crippen LogP contribution in [0.5, 0.6) is 11.5 Å². The Morgan fingerprint density at radius 1 is 1.19 bits per heavy atom. The summed E-state index contributed by atoms with van der Waals surface area (Å²) in [4.78, 5) is 32.7. The van der Waals surface area contributed by atoms with Crippen LogP contribution in [0.2, 0.25) is 0 Å². The molecule has 0 spiro atoms. The van der Waals surface area contributed by atoms with Crippen LogP contribution >= 0.6 is 11.3 Å². The van der Waals surface area contributed by atoms with Crippen molar-refractivity contribution < 1.29 is 14.3 Å². The predicted octanol–water partition coefficient (Wildman–Crippen LogP) is 4.60. The summed E-state index contributed by atoms with van der Waals surface area (Å²) in [5, 5.41) is 7.91. The summed E-state index contributed by atoms with van der Waals surface area (Å²) in [5.41, 5.74) is 4.08. The van der Waals surface area contributed by atoms with Crippen LogP contribution in [0.25, 0.3) is 10.2 Å². The number of ether oxygens (including phenoxy) is 2. The molecule has 2 N–H and O–H groups in total. The zero-order valence-electron chi connectivity index (χ0n) is 24.8. The number of rotatable bonds is 9. The van der Waals surface area contributed by atoms with Crippen LogP contribution in [0.4, 0.5) is 11.5 Å². The third kappa shape index (κ3) is 7.02. The van der Waals surface area contributed by atoms with E-state index in [1.165, 1.54) is 5.56 Å². The van der Waals surface area contributed by atoms with E-state index >= 15 is 0 Å². The number of hydrogen-bond donors (Lipinski definition) is 2. The van der Waals surface area contributed by atoms with Crippen molar-refractivity contribution in [3.05, 3.63) is 76.7 Å². The quantitative estimate of drug-likeness (QED) is 0.211. The number of benzene rings is 1. The second-order valence-electron chi connectivity index (χ2n) is 11.1. The van der Waals surface area contributed by atoms with Crippen LogP contribution in [0.1, 0.15) is 21.7 Å². The predicted molar refractivity (Wildman–Crippen MR) is 169 cm³/mol. The molecule has 3 aromatic heterocycles. The minimum atomic E-state index is 0.0298. The third-order valence-corrected chi connectivity index (χ3v) is 8.86. The average Bonchev–Trinajstić information content (AvgIpc) is 3.38. The van der Waals surface area contributed by atoms with Gasteiger partial charge in [0.25, 0.3) is 0 Å². The lowest BCUT2D eigenvalue weighted by Gasteiger charge is -2.30. The fourth-order valence-corrected chi connectivity index (χ4v) is 6.62. The van der Waals surface area contributed by atoms with Crippen LogP contribution < -0.4 is 15.4 Å². The maximum Gasteiger partial charge on any atom is 0.246 e. The molecule has 1 amide bonds. The van der Waals surface area contributed by atoms with E-state index in [0.717, 1.165) is 76.3 Å². The number of nitrogens with zero attached hydrogens (tertiary/aromatic N) is 5. The van der Waals surface area contributed by atoms with Gasteiger partial charge in [-0.25, -0.2) is 9.97 Å². The van der Waals surface area contributed by atoms with Gasteiger partial charge in [0.2, 0.25) is 5.91 Å². The van der Waals surface area contributed by atoms with Crippen molar-refractivity contribution in [3.8, 4) is 11.5 Å². The molecule has 4 aromatic rings. The first-order valence-electron chi connectivity index (χ1n) is 14.6. The number of thiophene rings is 1. The zero-order chi connectivity index (χ0) is 29.8. The Balaban J connectivity index is 1.08. The highest BCUT2D eigenvalue weighted by molar-refractivity contribution is 7.19. The summed E-state index contributed by atoms with van der Waals surface area (Å²) < 4.78 is 11.8. The van der Waals surface area contributed by atoms with Crippen LogP contribution in [0, 0.1) is 13.8 Å². The molecule has 5 heterocycles. The molecule has 0 radical (unpaired) electrons. The minimum absolute atomic E-state index is 0.0298. The number of aryl methyl sites for hydroxylation is 2.